The predicted octanol–water partition coefficient (Wildman–Crippen LogP) is 2.62. The summed E-state index contributed by atoms with van der Waals surface area (Å²) in [5, 5.41) is 3.68. The molecule has 1 aliphatic heterocycles. The quantitative estimate of drug-likeness (QED) is 0.814. The van der Waals surface area contributed by atoms with E-state index in [0.717, 1.165) is 17.8 Å². The van der Waals surface area contributed by atoms with Crippen LogP contribution in [0.5, 0.6) is 0 Å². The molecule has 1 saturated heterocycles. The number of carbonyl (C=O) groups is 1. The van der Waals surface area contributed by atoms with E-state index in [2.05, 4.69) is 19.2 Å². The Hall–Kier alpha value is -0.370. The summed E-state index contributed by atoms with van der Waals surface area (Å²) in [5.41, 5.74) is 0.384. The summed E-state index contributed by atoms with van der Waals surface area (Å²) in [4.78, 5) is 12.2. The molecule has 1 N–H and O–H groups in total. The number of hydrogen-bond donors (Lipinski definition) is 1. The van der Waals surface area contributed by atoms with Gasteiger partial charge in [0, 0.05) is 17.4 Å². The minimum atomic E-state index is 0.174. The molecule has 3 aliphatic rings. The van der Waals surface area contributed by atoms with Crippen molar-refractivity contribution in [3.63, 3.8) is 0 Å². The van der Waals surface area contributed by atoms with Crippen molar-refractivity contribution in [3.05, 3.63) is 0 Å². The predicted molar refractivity (Wildman–Crippen MR) is 68.7 cm³/mol. The molecule has 0 aromatic heterocycles. The first-order valence-electron chi connectivity index (χ1n) is 7.34. The average Bonchev–Trinajstić information content (AvgIpc) is 2.32. The van der Waals surface area contributed by atoms with E-state index in [1.165, 1.54) is 19.3 Å². The first-order chi connectivity index (χ1) is 8.03. The lowest BCUT2D eigenvalue weighted by Crippen LogP contribution is -2.78. The number of nitrogens with one attached hydrogen (secondary N) is 1. The summed E-state index contributed by atoms with van der Waals surface area (Å²) < 4.78 is 0. The second-order valence-electron chi connectivity index (χ2n) is 6.82. The fourth-order valence-electron chi connectivity index (χ4n) is 5.11. The highest BCUT2D eigenvalue weighted by Gasteiger charge is 2.71. The molecule has 17 heavy (non-hydrogen) atoms. The van der Waals surface area contributed by atoms with Crippen LogP contribution >= 0.6 is 0 Å². The van der Waals surface area contributed by atoms with Crippen LogP contribution in [0.4, 0.5) is 0 Å². The van der Waals surface area contributed by atoms with Gasteiger partial charge in [-0.15, -0.1) is 0 Å². The number of rotatable bonds is 3. The number of Topliss-reactive ketones (excluding diaryl/α,β-unsaturated/α-hetero) is 1. The Balaban J connectivity index is 1.85. The van der Waals surface area contributed by atoms with Crippen molar-refractivity contribution < 1.29 is 4.79 Å². The van der Waals surface area contributed by atoms with Gasteiger partial charge in [0.25, 0.3) is 0 Å². The summed E-state index contributed by atoms with van der Waals surface area (Å²) >= 11 is 0. The molecule has 0 amide bonds. The van der Waals surface area contributed by atoms with E-state index in [0.29, 0.717) is 17.2 Å². The van der Waals surface area contributed by atoms with Crippen molar-refractivity contribution in [2.75, 3.05) is 0 Å². The fraction of sp³-hybridized carbons (Fsp3) is 0.933. The summed E-state index contributed by atoms with van der Waals surface area (Å²) in [7, 11) is 0. The molecule has 2 heteroatoms. The normalized spacial score (nSPS) is 51.5. The second kappa shape index (κ2) is 3.57. The van der Waals surface area contributed by atoms with Crippen molar-refractivity contribution in [3.8, 4) is 0 Å². The molecular weight excluding hydrogens is 210 g/mol. The van der Waals surface area contributed by atoms with Gasteiger partial charge >= 0.3 is 0 Å². The van der Waals surface area contributed by atoms with Crippen LogP contribution in [0.25, 0.3) is 0 Å². The SMILES string of the molecule is CC[C@@H]1C(C)[C@@H]2CCC23NC(C(=O)C(C)C)[C@@H]13. The van der Waals surface area contributed by atoms with E-state index in [4.69, 9.17) is 0 Å². The number of carbonyl (C=O) groups excluding carboxylic acids is 1. The maximum atomic E-state index is 12.2. The van der Waals surface area contributed by atoms with Gasteiger partial charge in [0.05, 0.1) is 6.04 Å². The van der Waals surface area contributed by atoms with Crippen molar-refractivity contribution >= 4 is 5.78 Å². The van der Waals surface area contributed by atoms with Crippen molar-refractivity contribution in [2.45, 2.75) is 58.5 Å². The van der Waals surface area contributed by atoms with Crippen LogP contribution in [0, 0.1) is 29.6 Å². The molecule has 1 spiro atoms. The molecule has 0 bridgehead atoms. The van der Waals surface area contributed by atoms with Crippen LogP contribution in [0.3, 0.4) is 0 Å². The molecule has 3 unspecified atom stereocenters. The van der Waals surface area contributed by atoms with Crippen LogP contribution in [0.15, 0.2) is 0 Å². The molecule has 0 radical (unpaired) electrons. The largest absolute Gasteiger partial charge is 0.301 e. The number of ketones is 1. The summed E-state index contributed by atoms with van der Waals surface area (Å²) in [6.45, 7) is 8.78. The summed E-state index contributed by atoms with van der Waals surface area (Å²) in [6, 6.07) is 0.174. The van der Waals surface area contributed by atoms with Gasteiger partial charge in [-0.3, -0.25) is 4.79 Å². The van der Waals surface area contributed by atoms with Crippen LogP contribution in [-0.2, 0) is 4.79 Å². The lowest BCUT2D eigenvalue weighted by Gasteiger charge is -2.62. The molecular formula is C15H25NO. The topological polar surface area (TPSA) is 29.1 Å². The third-order valence-corrected chi connectivity index (χ3v) is 6.03. The first kappa shape index (κ1) is 11.7. The van der Waals surface area contributed by atoms with E-state index < -0.39 is 0 Å². The van der Waals surface area contributed by atoms with Gasteiger partial charge in [-0.25, -0.2) is 0 Å². The highest BCUT2D eigenvalue weighted by molar-refractivity contribution is 5.88. The third kappa shape index (κ3) is 1.23. The van der Waals surface area contributed by atoms with Crippen LogP contribution < -0.4 is 5.32 Å². The molecule has 6 atom stereocenters. The van der Waals surface area contributed by atoms with Crippen molar-refractivity contribution in [1.82, 2.24) is 5.32 Å². The Labute approximate surface area is 105 Å². The van der Waals surface area contributed by atoms with Crippen LogP contribution in [-0.4, -0.2) is 17.4 Å². The maximum Gasteiger partial charge on any atom is 0.152 e. The smallest absolute Gasteiger partial charge is 0.152 e. The Bertz CT molecular complexity index is 351. The summed E-state index contributed by atoms with van der Waals surface area (Å²) in [6.07, 6.45) is 3.93. The zero-order valence-electron chi connectivity index (χ0n) is 11.5. The monoisotopic (exact) mass is 235 g/mol. The molecule has 2 aliphatic carbocycles. The van der Waals surface area contributed by atoms with E-state index in [-0.39, 0.29) is 12.0 Å². The van der Waals surface area contributed by atoms with E-state index >= 15 is 0 Å². The fourth-order valence-corrected chi connectivity index (χ4v) is 5.11. The number of hydrogen-bond acceptors (Lipinski definition) is 2. The first-order valence-corrected chi connectivity index (χ1v) is 7.34. The standard InChI is InChI=1S/C15H25NO/c1-5-10-9(4)11-6-7-15(11)12(10)13(16-15)14(17)8(2)3/h8-13,16H,5-7H2,1-4H3/t9?,10-,11+,12-,13?,15?/m1/s1. The molecule has 2 nitrogen and oxygen atoms in total. The van der Waals surface area contributed by atoms with Gasteiger partial charge in [0.2, 0.25) is 0 Å². The molecule has 1 heterocycles. The van der Waals surface area contributed by atoms with Crippen molar-refractivity contribution in [1.29, 1.82) is 0 Å². The highest BCUT2D eigenvalue weighted by atomic mass is 16.1. The van der Waals surface area contributed by atoms with Gasteiger partial charge in [-0.2, -0.15) is 0 Å². The van der Waals surface area contributed by atoms with Gasteiger partial charge in [0.15, 0.2) is 5.78 Å². The average molecular weight is 235 g/mol. The second-order valence-corrected chi connectivity index (χ2v) is 6.82. The van der Waals surface area contributed by atoms with E-state index in [1.54, 1.807) is 0 Å². The molecule has 3 fully saturated rings. The Kier molecular flexibility index (Phi) is 2.46. The van der Waals surface area contributed by atoms with Gasteiger partial charge in [0.1, 0.15) is 0 Å². The Morgan fingerprint density at radius 1 is 1.47 bits per heavy atom. The zero-order valence-corrected chi connectivity index (χ0v) is 11.5. The maximum absolute atomic E-state index is 12.2. The summed E-state index contributed by atoms with van der Waals surface area (Å²) in [5.74, 6) is 3.72. The minimum absolute atomic E-state index is 0.174. The molecule has 3 rings (SSSR count). The van der Waals surface area contributed by atoms with E-state index in [1.807, 2.05) is 13.8 Å². The Morgan fingerprint density at radius 2 is 2.18 bits per heavy atom. The molecule has 0 aromatic rings. The molecule has 96 valence electrons. The van der Waals surface area contributed by atoms with Gasteiger partial charge in [-0.1, -0.05) is 34.1 Å². The van der Waals surface area contributed by atoms with Gasteiger partial charge in [-0.05, 0) is 30.6 Å². The van der Waals surface area contributed by atoms with E-state index in [9.17, 15) is 4.79 Å². The van der Waals surface area contributed by atoms with Crippen LogP contribution in [0.2, 0.25) is 0 Å². The van der Waals surface area contributed by atoms with Crippen molar-refractivity contribution in [2.24, 2.45) is 29.6 Å². The third-order valence-electron chi connectivity index (χ3n) is 6.03. The van der Waals surface area contributed by atoms with Crippen LogP contribution in [0.1, 0.15) is 47.0 Å². The lowest BCUT2D eigenvalue weighted by atomic mass is 9.55. The zero-order chi connectivity index (χ0) is 12.4. The lowest BCUT2D eigenvalue weighted by molar-refractivity contribution is -0.138. The minimum Gasteiger partial charge on any atom is -0.301 e. The highest BCUT2D eigenvalue weighted by Crippen LogP contribution is 2.65. The van der Waals surface area contributed by atoms with Gasteiger partial charge < -0.3 is 5.32 Å². The Morgan fingerprint density at radius 3 is 2.65 bits per heavy atom. The molecule has 0 aromatic carbocycles. The molecule has 2 saturated carbocycles.